The second-order valence-electron chi connectivity index (χ2n) is 3.05. The van der Waals surface area contributed by atoms with Gasteiger partial charge in [0.2, 0.25) is 0 Å². The van der Waals surface area contributed by atoms with E-state index in [-0.39, 0.29) is 0 Å². The first kappa shape index (κ1) is 13.8. The summed E-state index contributed by atoms with van der Waals surface area (Å²) in [7, 11) is 0. The summed E-state index contributed by atoms with van der Waals surface area (Å²) < 4.78 is 0.582. The Morgan fingerprint density at radius 2 is 2.25 bits per heavy atom. The van der Waals surface area contributed by atoms with Crippen LogP contribution in [0.25, 0.3) is 0 Å². The van der Waals surface area contributed by atoms with Crippen LogP contribution in [0.5, 0.6) is 0 Å². The van der Waals surface area contributed by atoms with Crippen LogP contribution in [-0.2, 0) is 6.54 Å². The van der Waals surface area contributed by atoms with Crippen LogP contribution in [0.2, 0.25) is 4.47 Å². The normalized spacial score (nSPS) is 11.9. The highest BCUT2D eigenvalue weighted by atomic mass is 35.5. The average Bonchev–Trinajstić information content (AvgIpc) is 2.70. The molecule has 1 aromatic heterocycles. The highest BCUT2D eigenvalue weighted by Crippen LogP contribution is 2.19. The SMILES string of the molecule is CCN(CC)C(=NCc1cnc(Cl)s1)SC. The topological polar surface area (TPSA) is 28.5 Å². The van der Waals surface area contributed by atoms with Gasteiger partial charge < -0.3 is 4.90 Å². The number of aliphatic imine (C=N–C) groups is 1. The predicted molar refractivity (Wildman–Crippen MR) is 74.7 cm³/mol. The Bertz CT molecular complexity index is 348. The van der Waals surface area contributed by atoms with Gasteiger partial charge in [-0.3, -0.25) is 4.99 Å². The van der Waals surface area contributed by atoms with Gasteiger partial charge in [0.25, 0.3) is 0 Å². The summed E-state index contributed by atoms with van der Waals surface area (Å²) in [5.41, 5.74) is 0. The molecule has 3 nitrogen and oxygen atoms in total. The summed E-state index contributed by atoms with van der Waals surface area (Å²) in [5, 5.41) is 1.08. The molecule has 0 fully saturated rings. The lowest BCUT2D eigenvalue weighted by Gasteiger charge is -2.21. The largest absolute Gasteiger partial charge is 0.352 e. The van der Waals surface area contributed by atoms with Crippen LogP contribution < -0.4 is 0 Å². The third kappa shape index (κ3) is 3.96. The van der Waals surface area contributed by atoms with Gasteiger partial charge in [0.05, 0.1) is 6.54 Å². The lowest BCUT2D eigenvalue weighted by Crippen LogP contribution is -2.28. The van der Waals surface area contributed by atoms with Crippen molar-refractivity contribution in [2.24, 2.45) is 4.99 Å². The standard InChI is InChI=1S/C10H16ClN3S2/c1-4-14(5-2)10(15-3)13-7-8-6-12-9(11)16-8/h6H,4-5,7H2,1-3H3. The minimum Gasteiger partial charge on any atom is -0.352 e. The van der Waals surface area contributed by atoms with Crippen LogP contribution >= 0.6 is 34.7 Å². The molecule has 0 aliphatic rings. The number of thiazole rings is 1. The van der Waals surface area contributed by atoms with Gasteiger partial charge in [-0.05, 0) is 20.1 Å². The lowest BCUT2D eigenvalue weighted by atomic mass is 10.5. The number of amidine groups is 1. The minimum atomic E-state index is 0.582. The second kappa shape index (κ2) is 7.14. The zero-order valence-electron chi connectivity index (χ0n) is 9.73. The molecular formula is C10H16ClN3S2. The molecule has 0 aliphatic heterocycles. The molecule has 0 bridgehead atoms. The van der Waals surface area contributed by atoms with Crippen LogP contribution in [0.3, 0.4) is 0 Å². The number of hydrogen-bond acceptors (Lipinski definition) is 4. The summed E-state index contributed by atoms with van der Waals surface area (Å²) >= 11 is 8.94. The molecule has 0 radical (unpaired) electrons. The van der Waals surface area contributed by atoms with E-state index >= 15 is 0 Å². The first-order valence-corrected chi connectivity index (χ1v) is 7.56. The molecule has 0 amide bonds. The Morgan fingerprint density at radius 3 is 2.69 bits per heavy atom. The second-order valence-corrected chi connectivity index (χ2v) is 5.53. The van der Waals surface area contributed by atoms with Crippen molar-refractivity contribution in [1.82, 2.24) is 9.88 Å². The fourth-order valence-electron chi connectivity index (χ4n) is 1.29. The maximum absolute atomic E-state index is 5.77. The molecule has 90 valence electrons. The number of hydrogen-bond donors (Lipinski definition) is 0. The summed E-state index contributed by atoms with van der Waals surface area (Å²) in [5.74, 6) is 0. The van der Waals surface area contributed by atoms with Crippen molar-refractivity contribution >= 4 is 39.9 Å². The summed E-state index contributed by atoms with van der Waals surface area (Å²) in [6, 6.07) is 0. The molecule has 0 atom stereocenters. The molecule has 1 rings (SSSR count). The van der Waals surface area contributed by atoms with Crippen LogP contribution in [0, 0.1) is 0 Å². The molecule has 1 heterocycles. The van der Waals surface area contributed by atoms with E-state index in [4.69, 9.17) is 11.6 Å². The molecule has 0 unspecified atom stereocenters. The minimum absolute atomic E-state index is 0.582. The molecule has 16 heavy (non-hydrogen) atoms. The Morgan fingerprint density at radius 1 is 1.56 bits per heavy atom. The van der Waals surface area contributed by atoms with Gasteiger partial charge in [-0.1, -0.05) is 23.4 Å². The van der Waals surface area contributed by atoms with Crippen LogP contribution in [-0.4, -0.2) is 34.4 Å². The van der Waals surface area contributed by atoms with Crippen molar-refractivity contribution in [3.8, 4) is 0 Å². The molecular weight excluding hydrogens is 262 g/mol. The van der Waals surface area contributed by atoms with Gasteiger partial charge in [0.15, 0.2) is 9.63 Å². The number of halogens is 1. The van der Waals surface area contributed by atoms with E-state index in [0.717, 1.165) is 23.1 Å². The fraction of sp³-hybridized carbons (Fsp3) is 0.600. The van der Waals surface area contributed by atoms with E-state index in [0.29, 0.717) is 11.0 Å². The number of nitrogens with zero attached hydrogens (tertiary/aromatic N) is 3. The van der Waals surface area contributed by atoms with E-state index in [9.17, 15) is 0 Å². The molecule has 0 aromatic carbocycles. The van der Waals surface area contributed by atoms with Crippen LogP contribution in [0.1, 0.15) is 18.7 Å². The van der Waals surface area contributed by atoms with Crippen molar-refractivity contribution in [2.75, 3.05) is 19.3 Å². The van der Waals surface area contributed by atoms with Crippen molar-refractivity contribution in [3.63, 3.8) is 0 Å². The maximum Gasteiger partial charge on any atom is 0.183 e. The van der Waals surface area contributed by atoms with E-state index in [2.05, 4.69) is 35.0 Å². The van der Waals surface area contributed by atoms with Crippen molar-refractivity contribution < 1.29 is 0 Å². The fourth-order valence-corrected chi connectivity index (χ4v) is 2.90. The monoisotopic (exact) mass is 277 g/mol. The van der Waals surface area contributed by atoms with Crippen LogP contribution in [0.4, 0.5) is 0 Å². The van der Waals surface area contributed by atoms with E-state index in [1.807, 2.05) is 0 Å². The first-order chi connectivity index (χ1) is 7.71. The molecule has 0 saturated heterocycles. The number of thioether (sulfide) groups is 1. The van der Waals surface area contributed by atoms with Crippen LogP contribution in [0.15, 0.2) is 11.2 Å². The highest BCUT2D eigenvalue weighted by molar-refractivity contribution is 8.13. The summed E-state index contributed by atoms with van der Waals surface area (Å²) in [4.78, 5) is 11.9. The smallest absolute Gasteiger partial charge is 0.183 e. The molecule has 0 N–H and O–H groups in total. The molecule has 1 aromatic rings. The van der Waals surface area contributed by atoms with Gasteiger partial charge in [-0.2, -0.15) is 0 Å². The quantitative estimate of drug-likeness (QED) is 0.624. The third-order valence-electron chi connectivity index (χ3n) is 2.11. The number of aromatic nitrogens is 1. The summed E-state index contributed by atoms with van der Waals surface area (Å²) in [6.45, 7) is 6.91. The van der Waals surface area contributed by atoms with E-state index < -0.39 is 0 Å². The zero-order chi connectivity index (χ0) is 12.0. The highest BCUT2D eigenvalue weighted by Gasteiger charge is 2.06. The maximum atomic E-state index is 5.77. The molecule has 0 aliphatic carbocycles. The Labute approximate surface area is 110 Å². The Balaban J connectivity index is 2.65. The average molecular weight is 278 g/mol. The van der Waals surface area contributed by atoms with Gasteiger partial charge in [-0.15, -0.1) is 11.3 Å². The Hall–Kier alpha value is -0.260. The molecule has 6 heteroatoms. The third-order valence-corrected chi connectivity index (χ3v) is 3.96. The van der Waals surface area contributed by atoms with Gasteiger partial charge in [-0.25, -0.2) is 4.98 Å². The predicted octanol–water partition coefficient (Wildman–Crippen LogP) is 3.36. The van der Waals surface area contributed by atoms with Crippen molar-refractivity contribution in [1.29, 1.82) is 0 Å². The zero-order valence-corrected chi connectivity index (χ0v) is 12.1. The van der Waals surface area contributed by atoms with Crippen molar-refractivity contribution in [2.45, 2.75) is 20.4 Å². The van der Waals surface area contributed by atoms with E-state index in [1.54, 1.807) is 18.0 Å². The van der Waals surface area contributed by atoms with E-state index in [1.165, 1.54) is 11.3 Å². The first-order valence-electron chi connectivity index (χ1n) is 5.14. The van der Waals surface area contributed by atoms with Gasteiger partial charge in [0, 0.05) is 24.2 Å². The van der Waals surface area contributed by atoms with Gasteiger partial charge >= 0.3 is 0 Å². The summed E-state index contributed by atoms with van der Waals surface area (Å²) in [6.07, 6.45) is 3.84. The van der Waals surface area contributed by atoms with Gasteiger partial charge in [0.1, 0.15) is 0 Å². The van der Waals surface area contributed by atoms with Crippen molar-refractivity contribution in [3.05, 3.63) is 15.5 Å². The molecule has 0 spiro atoms. The Kier molecular flexibility index (Phi) is 6.16. The lowest BCUT2D eigenvalue weighted by molar-refractivity contribution is 0.473. The number of rotatable bonds is 4. The molecule has 0 saturated carbocycles.